The van der Waals surface area contributed by atoms with Crippen molar-refractivity contribution in [3.63, 3.8) is 0 Å². The minimum atomic E-state index is -0.951. The number of Topliss-reactive ketones (excluding diaryl/α,β-unsaturated/α-hetero) is 1. The Labute approximate surface area is 294 Å². The van der Waals surface area contributed by atoms with E-state index in [2.05, 4.69) is 10.3 Å². The van der Waals surface area contributed by atoms with E-state index in [9.17, 15) is 14.4 Å². The van der Waals surface area contributed by atoms with Crippen LogP contribution in [0.2, 0.25) is 0 Å². The van der Waals surface area contributed by atoms with Gasteiger partial charge in [-0.05, 0) is 76.3 Å². The maximum atomic E-state index is 13.0. The number of amides is 1. The smallest absolute Gasteiger partial charge is 0.408 e. The summed E-state index contributed by atoms with van der Waals surface area (Å²) in [5.74, 6) is 1.57. The predicted octanol–water partition coefficient (Wildman–Crippen LogP) is 8.64. The van der Waals surface area contributed by atoms with Crippen molar-refractivity contribution in [3.8, 4) is 23.0 Å². The second-order valence-electron chi connectivity index (χ2n) is 12.7. The van der Waals surface area contributed by atoms with Gasteiger partial charge in [0.2, 0.25) is 0 Å². The molecule has 0 bridgehead atoms. The maximum Gasteiger partial charge on any atom is 0.408 e. The zero-order chi connectivity index (χ0) is 36.1. The van der Waals surface area contributed by atoms with E-state index < -0.39 is 23.7 Å². The number of ether oxygens (including phenoxy) is 5. The number of nitrogens with one attached hydrogen (secondary N) is 1. The molecule has 1 N–H and O–H groups in total. The fraction of sp³-hybridized carbons (Fsp3) is 0.400. The van der Waals surface area contributed by atoms with Crippen molar-refractivity contribution in [1.82, 2.24) is 10.3 Å². The van der Waals surface area contributed by atoms with E-state index in [1.54, 1.807) is 45.2 Å². The number of aromatic nitrogens is 1. The van der Waals surface area contributed by atoms with Crippen LogP contribution in [0.4, 0.5) is 4.79 Å². The first kappa shape index (κ1) is 37.7. The van der Waals surface area contributed by atoms with Crippen LogP contribution in [0.5, 0.6) is 23.0 Å². The van der Waals surface area contributed by atoms with Gasteiger partial charge in [0.1, 0.15) is 29.2 Å². The lowest BCUT2D eigenvalue weighted by Gasteiger charge is -2.24. The van der Waals surface area contributed by atoms with E-state index in [0.717, 1.165) is 31.2 Å². The number of pyridine rings is 1. The van der Waals surface area contributed by atoms with Gasteiger partial charge >= 0.3 is 12.1 Å². The summed E-state index contributed by atoms with van der Waals surface area (Å²) in [7, 11) is 1.53. The van der Waals surface area contributed by atoms with Crippen molar-refractivity contribution in [2.75, 3.05) is 13.7 Å². The number of benzene rings is 3. The number of alkyl carbamates (subject to hydrolysis) is 1. The SMILES string of the molecule is CC.COc1cc2c(Oc3ccc(CC(=O)c4ccccc4)cc3)ccnc2cc1OCC[C@H](NC(=O)OC(C)(C)C)C(=O)OC1CCCC1. The van der Waals surface area contributed by atoms with Crippen LogP contribution in [0.1, 0.15) is 82.6 Å². The number of esters is 1. The predicted molar refractivity (Wildman–Crippen MR) is 192 cm³/mol. The summed E-state index contributed by atoms with van der Waals surface area (Å²) in [5.41, 5.74) is 1.45. The zero-order valence-corrected chi connectivity index (χ0v) is 29.8. The van der Waals surface area contributed by atoms with Gasteiger partial charge in [-0.3, -0.25) is 9.78 Å². The van der Waals surface area contributed by atoms with Crippen molar-refractivity contribution in [2.45, 2.75) is 90.9 Å². The molecule has 0 radical (unpaired) electrons. The van der Waals surface area contributed by atoms with Crippen LogP contribution in [-0.2, 0) is 20.7 Å². The molecule has 1 heterocycles. The second kappa shape index (κ2) is 18.0. The Hall–Kier alpha value is -5.12. The zero-order valence-electron chi connectivity index (χ0n) is 29.8. The van der Waals surface area contributed by atoms with E-state index in [1.807, 2.05) is 68.4 Å². The highest BCUT2D eigenvalue weighted by Crippen LogP contribution is 2.37. The van der Waals surface area contributed by atoms with Crippen LogP contribution in [0.3, 0.4) is 0 Å². The molecule has 0 unspecified atom stereocenters. The highest BCUT2D eigenvalue weighted by Gasteiger charge is 2.29. The standard InChI is InChI=1S/C38H42N2O8.C2H6/c1-38(2,3)48-37(43)40-30(36(42)47-27-12-8-9-13-27)19-21-45-35-24-31-29(23-34(35)44-4)33(18-20-39-31)46-28-16-14-25(15-17-28)22-32(41)26-10-6-5-7-11-26;1-2/h5-7,10-11,14-18,20,23-24,27,30H,8-9,12-13,19,21-22H2,1-4H3,(H,40,43);1-2H3/t30-;/m0./s1. The number of hydrogen-bond donors (Lipinski definition) is 1. The van der Waals surface area contributed by atoms with Crippen LogP contribution in [0.15, 0.2) is 79.0 Å². The quantitative estimate of drug-likeness (QED) is 0.109. The lowest BCUT2D eigenvalue weighted by atomic mass is 10.0. The van der Waals surface area contributed by atoms with Crippen LogP contribution in [0.25, 0.3) is 10.9 Å². The highest BCUT2D eigenvalue weighted by atomic mass is 16.6. The molecule has 1 aliphatic carbocycles. The van der Waals surface area contributed by atoms with Crippen molar-refractivity contribution in [2.24, 2.45) is 0 Å². The Morgan fingerprint density at radius 2 is 1.60 bits per heavy atom. The Balaban J connectivity index is 0.00000276. The Morgan fingerprint density at radius 3 is 2.26 bits per heavy atom. The molecule has 50 heavy (non-hydrogen) atoms. The van der Waals surface area contributed by atoms with Gasteiger partial charge < -0.3 is 29.0 Å². The fourth-order valence-electron chi connectivity index (χ4n) is 5.44. The molecule has 0 spiro atoms. The van der Waals surface area contributed by atoms with Gasteiger partial charge in [-0.25, -0.2) is 9.59 Å². The maximum absolute atomic E-state index is 13.0. The molecular formula is C40H48N2O8. The molecule has 3 aromatic carbocycles. The number of methoxy groups -OCH3 is 1. The summed E-state index contributed by atoms with van der Waals surface area (Å²) >= 11 is 0. The topological polar surface area (TPSA) is 122 Å². The molecular weight excluding hydrogens is 636 g/mol. The number of ketones is 1. The van der Waals surface area contributed by atoms with Crippen molar-refractivity contribution < 1.29 is 38.1 Å². The molecule has 0 aliphatic heterocycles. The summed E-state index contributed by atoms with van der Waals surface area (Å²) in [5, 5.41) is 3.35. The lowest BCUT2D eigenvalue weighted by molar-refractivity contribution is -0.151. The van der Waals surface area contributed by atoms with Crippen LogP contribution < -0.4 is 19.5 Å². The number of carbonyl (C=O) groups excluding carboxylic acids is 3. The molecule has 1 amide bonds. The third-order valence-electron chi connectivity index (χ3n) is 7.82. The molecule has 266 valence electrons. The second-order valence-corrected chi connectivity index (χ2v) is 12.7. The Kier molecular flexibility index (Phi) is 13.6. The molecule has 4 aromatic rings. The van der Waals surface area contributed by atoms with Crippen molar-refractivity contribution in [3.05, 3.63) is 90.1 Å². The normalized spacial score (nSPS) is 13.4. The van der Waals surface area contributed by atoms with E-state index >= 15 is 0 Å². The summed E-state index contributed by atoms with van der Waals surface area (Å²) in [6, 6.07) is 21.0. The van der Waals surface area contributed by atoms with Crippen LogP contribution >= 0.6 is 0 Å². The van der Waals surface area contributed by atoms with Gasteiger partial charge in [0.05, 0.1) is 19.2 Å². The molecule has 1 aromatic heterocycles. The molecule has 1 fully saturated rings. The minimum absolute atomic E-state index is 0.0494. The van der Waals surface area contributed by atoms with Gasteiger partial charge in [0.25, 0.3) is 0 Å². The van der Waals surface area contributed by atoms with Crippen LogP contribution in [-0.4, -0.2) is 54.3 Å². The lowest BCUT2D eigenvalue weighted by Crippen LogP contribution is -2.45. The minimum Gasteiger partial charge on any atom is -0.493 e. The molecule has 1 atom stereocenters. The number of carbonyl (C=O) groups is 3. The van der Waals surface area contributed by atoms with Gasteiger partial charge in [-0.15, -0.1) is 0 Å². The van der Waals surface area contributed by atoms with E-state index in [-0.39, 0.29) is 24.9 Å². The summed E-state index contributed by atoms with van der Waals surface area (Å²) in [4.78, 5) is 42.7. The molecule has 10 nitrogen and oxygen atoms in total. The number of fused-ring (bicyclic) bond motifs is 1. The van der Waals surface area contributed by atoms with Gasteiger partial charge in [-0.2, -0.15) is 0 Å². The van der Waals surface area contributed by atoms with E-state index in [1.165, 1.54) is 7.11 Å². The Morgan fingerprint density at radius 1 is 0.900 bits per heavy atom. The molecule has 0 saturated heterocycles. The summed E-state index contributed by atoms with van der Waals surface area (Å²) in [6.45, 7) is 9.35. The van der Waals surface area contributed by atoms with Gasteiger partial charge in [-0.1, -0.05) is 56.3 Å². The largest absolute Gasteiger partial charge is 0.493 e. The summed E-state index contributed by atoms with van der Waals surface area (Å²) in [6.07, 6.45) is 4.88. The fourth-order valence-corrected chi connectivity index (χ4v) is 5.44. The Bertz CT molecular complexity index is 1710. The number of rotatable bonds is 13. The molecule has 1 aliphatic rings. The average Bonchev–Trinajstić information content (AvgIpc) is 3.62. The van der Waals surface area contributed by atoms with Crippen LogP contribution in [0, 0.1) is 0 Å². The molecule has 1 saturated carbocycles. The number of nitrogens with zero attached hydrogens (tertiary/aromatic N) is 1. The van der Waals surface area contributed by atoms with E-state index in [4.69, 9.17) is 23.7 Å². The first-order valence-electron chi connectivity index (χ1n) is 17.2. The van der Waals surface area contributed by atoms with E-state index in [0.29, 0.717) is 45.9 Å². The first-order chi connectivity index (χ1) is 24.1. The first-order valence-corrected chi connectivity index (χ1v) is 17.2. The van der Waals surface area contributed by atoms with Gasteiger partial charge in [0.15, 0.2) is 17.3 Å². The van der Waals surface area contributed by atoms with Crippen molar-refractivity contribution >= 4 is 28.7 Å². The van der Waals surface area contributed by atoms with Gasteiger partial charge in [0, 0.05) is 36.1 Å². The third kappa shape index (κ3) is 10.9. The molecule has 10 heteroatoms. The summed E-state index contributed by atoms with van der Waals surface area (Å²) < 4.78 is 29.0. The van der Waals surface area contributed by atoms with Crippen molar-refractivity contribution in [1.29, 1.82) is 0 Å². The number of hydrogen-bond acceptors (Lipinski definition) is 9. The monoisotopic (exact) mass is 684 g/mol. The molecule has 5 rings (SSSR count). The average molecular weight is 685 g/mol. The highest BCUT2D eigenvalue weighted by molar-refractivity contribution is 5.97. The third-order valence-corrected chi connectivity index (χ3v) is 7.82.